The molecule has 2 nitrogen and oxygen atoms in total. The summed E-state index contributed by atoms with van der Waals surface area (Å²) in [6.07, 6.45) is 0. The molecule has 0 unspecified atom stereocenters. The summed E-state index contributed by atoms with van der Waals surface area (Å²) in [6.45, 7) is 12.1. The Labute approximate surface area is 133 Å². The fourth-order valence-electron chi connectivity index (χ4n) is 2.20. The fourth-order valence-corrected chi connectivity index (χ4v) is 3.49. The van der Waals surface area contributed by atoms with E-state index >= 15 is 0 Å². The molecule has 0 atom stereocenters. The fraction of sp³-hybridized carbons (Fsp3) is 0.600. The summed E-state index contributed by atoms with van der Waals surface area (Å²) >= 11 is 6.78. The van der Waals surface area contributed by atoms with E-state index in [9.17, 15) is 5.11 Å². The topological polar surface area (TPSA) is 23.5 Å². The molecule has 0 fully saturated rings. The highest BCUT2D eigenvalue weighted by molar-refractivity contribution is 9.11. The van der Waals surface area contributed by atoms with Gasteiger partial charge in [-0.1, -0.05) is 27.7 Å². The van der Waals surface area contributed by atoms with Crippen LogP contribution in [0.4, 0.5) is 0 Å². The van der Waals surface area contributed by atoms with Crippen molar-refractivity contribution in [2.24, 2.45) is 11.8 Å². The van der Waals surface area contributed by atoms with Crippen LogP contribution in [0.5, 0.6) is 5.75 Å². The summed E-state index contributed by atoms with van der Waals surface area (Å²) in [6, 6.07) is 3.99. The molecule has 0 aliphatic carbocycles. The van der Waals surface area contributed by atoms with Crippen molar-refractivity contribution in [3.63, 3.8) is 0 Å². The molecule has 0 amide bonds. The van der Waals surface area contributed by atoms with Gasteiger partial charge in [0.25, 0.3) is 0 Å². The first-order valence-corrected chi connectivity index (χ1v) is 8.27. The first-order valence-electron chi connectivity index (χ1n) is 6.68. The molecule has 1 aromatic rings. The molecular weight excluding hydrogens is 370 g/mol. The molecule has 0 saturated heterocycles. The minimum atomic E-state index is 0.267. The molecule has 0 radical (unpaired) electrons. The van der Waals surface area contributed by atoms with Crippen molar-refractivity contribution in [2.45, 2.75) is 34.2 Å². The molecule has 0 spiro atoms. The summed E-state index contributed by atoms with van der Waals surface area (Å²) in [5, 5.41) is 9.75. The number of phenolic OH excluding ortho intramolecular Hbond substituents is 1. The first kappa shape index (κ1) is 17.0. The summed E-state index contributed by atoms with van der Waals surface area (Å²) in [4.78, 5) is 2.47. The van der Waals surface area contributed by atoms with Gasteiger partial charge in [-0.05, 0) is 61.4 Å². The van der Waals surface area contributed by atoms with Gasteiger partial charge >= 0.3 is 0 Å². The highest BCUT2D eigenvalue weighted by atomic mass is 79.9. The normalized spacial score (nSPS) is 11.8. The van der Waals surface area contributed by atoms with E-state index in [0.29, 0.717) is 11.8 Å². The molecule has 0 aliphatic rings. The predicted octanol–water partition coefficient (Wildman–Crippen LogP) is 5.03. The zero-order valence-corrected chi connectivity index (χ0v) is 15.3. The maximum atomic E-state index is 9.75. The van der Waals surface area contributed by atoms with Crippen LogP contribution < -0.4 is 0 Å². The molecule has 4 heteroatoms. The van der Waals surface area contributed by atoms with E-state index in [1.165, 1.54) is 5.56 Å². The lowest BCUT2D eigenvalue weighted by molar-refractivity contribution is 0.211. The van der Waals surface area contributed by atoms with Crippen molar-refractivity contribution >= 4 is 31.9 Å². The molecule has 19 heavy (non-hydrogen) atoms. The zero-order valence-electron chi connectivity index (χ0n) is 12.1. The van der Waals surface area contributed by atoms with Gasteiger partial charge in [-0.3, -0.25) is 4.90 Å². The average Bonchev–Trinajstić information content (AvgIpc) is 2.23. The smallest absolute Gasteiger partial charge is 0.143 e. The van der Waals surface area contributed by atoms with Crippen LogP contribution in [0.1, 0.15) is 33.3 Å². The van der Waals surface area contributed by atoms with Gasteiger partial charge in [0, 0.05) is 19.6 Å². The Kier molecular flexibility index (Phi) is 6.84. The van der Waals surface area contributed by atoms with Crippen molar-refractivity contribution in [2.75, 3.05) is 13.1 Å². The van der Waals surface area contributed by atoms with E-state index in [0.717, 1.165) is 28.6 Å². The highest BCUT2D eigenvalue weighted by Gasteiger charge is 2.12. The molecule has 0 saturated carbocycles. The van der Waals surface area contributed by atoms with Crippen LogP contribution in [-0.2, 0) is 6.54 Å². The number of aromatic hydroxyl groups is 1. The quantitative estimate of drug-likeness (QED) is 0.733. The molecular formula is C15H23Br2NO. The van der Waals surface area contributed by atoms with E-state index < -0.39 is 0 Å². The summed E-state index contributed by atoms with van der Waals surface area (Å²) in [7, 11) is 0. The highest BCUT2D eigenvalue weighted by Crippen LogP contribution is 2.33. The number of rotatable bonds is 6. The maximum absolute atomic E-state index is 9.75. The molecule has 1 aromatic carbocycles. The molecule has 108 valence electrons. The second-order valence-corrected chi connectivity index (χ2v) is 7.60. The van der Waals surface area contributed by atoms with Crippen LogP contribution in [0.25, 0.3) is 0 Å². The summed E-state index contributed by atoms with van der Waals surface area (Å²) < 4.78 is 1.48. The largest absolute Gasteiger partial charge is 0.506 e. The minimum absolute atomic E-state index is 0.267. The number of benzene rings is 1. The van der Waals surface area contributed by atoms with Gasteiger partial charge in [-0.25, -0.2) is 0 Å². The van der Waals surface area contributed by atoms with Crippen LogP contribution in [0.15, 0.2) is 21.1 Å². The number of nitrogens with zero attached hydrogens (tertiary/aromatic N) is 1. The Bertz CT molecular complexity index is 386. The van der Waals surface area contributed by atoms with E-state index in [1.54, 1.807) is 0 Å². The van der Waals surface area contributed by atoms with Gasteiger partial charge in [0.15, 0.2) is 0 Å². The standard InChI is InChI=1S/C15H23Br2NO/c1-10(2)7-18(8-11(3)4)9-12-5-13(16)15(19)14(17)6-12/h5-6,10-11,19H,7-9H2,1-4H3. The summed E-state index contributed by atoms with van der Waals surface area (Å²) in [5.74, 6) is 1.58. The first-order chi connectivity index (χ1) is 8.79. The van der Waals surface area contributed by atoms with Crippen LogP contribution in [0.3, 0.4) is 0 Å². The Morgan fingerprint density at radius 1 is 1.00 bits per heavy atom. The lowest BCUT2D eigenvalue weighted by Gasteiger charge is -2.26. The van der Waals surface area contributed by atoms with Crippen LogP contribution in [0.2, 0.25) is 0 Å². The maximum Gasteiger partial charge on any atom is 0.143 e. The zero-order chi connectivity index (χ0) is 14.6. The van der Waals surface area contributed by atoms with Gasteiger partial charge in [0.1, 0.15) is 5.75 Å². The Balaban J connectivity index is 2.83. The second-order valence-electron chi connectivity index (χ2n) is 5.89. The van der Waals surface area contributed by atoms with E-state index in [4.69, 9.17) is 0 Å². The van der Waals surface area contributed by atoms with Crippen molar-refractivity contribution in [1.82, 2.24) is 4.90 Å². The third kappa shape index (κ3) is 5.84. The molecule has 1 N–H and O–H groups in total. The van der Waals surface area contributed by atoms with E-state index in [1.807, 2.05) is 12.1 Å². The Morgan fingerprint density at radius 3 is 1.79 bits per heavy atom. The third-order valence-corrected chi connectivity index (χ3v) is 3.94. The van der Waals surface area contributed by atoms with E-state index in [-0.39, 0.29) is 5.75 Å². The van der Waals surface area contributed by atoms with Crippen LogP contribution >= 0.6 is 31.9 Å². The lowest BCUT2D eigenvalue weighted by Crippen LogP contribution is -2.30. The van der Waals surface area contributed by atoms with Gasteiger partial charge in [-0.2, -0.15) is 0 Å². The number of halogens is 2. The lowest BCUT2D eigenvalue weighted by atomic mass is 10.1. The molecule has 0 aromatic heterocycles. The van der Waals surface area contributed by atoms with E-state index in [2.05, 4.69) is 64.5 Å². The second kappa shape index (κ2) is 7.65. The van der Waals surface area contributed by atoms with Gasteiger partial charge in [-0.15, -0.1) is 0 Å². The average molecular weight is 393 g/mol. The molecule has 1 rings (SSSR count). The van der Waals surface area contributed by atoms with Crippen molar-refractivity contribution in [3.05, 3.63) is 26.6 Å². The number of hydrogen-bond acceptors (Lipinski definition) is 2. The molecule has 0 aliphatic heterocycles. The molecule has 0 bridgehead atoms. The molecule has 0 heterocycles. The third-order valence-electron chi connectivity index (χ3n) is 2.73. The van der Waals surface area contributed by atoms with Gasteiger partial charge in [0.05, 0.1) is 8.95 Å². The minimum Gasteiger partial charge on any atom is -0.506 e. The van der Waals surface area contributed by atoms with Gasteiger partial charge in [0.2, 0.25) is 0 Å². The van der Waals surface area contributed by atoms with Crippen molar-refractivity contribution < 1.29 is 5.11 Å². The van der Waals surface area contributed by atoms with Crippen LogP contribution in [-0.4, -0.2) is 23.1 Å². The summed E-state index contributed by atoms with van der Waals surface area (Å²) in [5.41, 5.74) is 1.21. The van der Waals surface area contributed by atoms with Gasteiger partial charge < -0.3 is 5.11 Å². The number of phenols is 1. The SMILES string of the molecule is CC(C)CN(Cc1cc(Br)c(O)c(Br)c1)CC(C)C. The van der Waals surface area contributed by atoms with Crippen molar-refractivity contribution in [3.8, 4) is 5.75 Å². The Hall–Kier alpha value is -0.0600. The monoisotopic (exact) mass is 391 g/mol. The van der Waals surface area contributed by atoms with Crippen molar-refractivity contribution in [1.29, 1.82) is 0 Å². The number of hydrogen-bond donors (Lipinski definition) is 1. The van der Waals surface area contributed by atoms with Crippen LogP contribution in [0, 0.1) is 11.8 Å². The predicted molar refractivity (Wildman–Crippen MR) is 88.5 cm³/mol. The Morgan fingerprint density at radius 2 is 1.42 bits per heavy atom.